The van der Waals surface area contributed by atoms with Crippen LogP contribution in [0.1, 0.15) is 53.1 Å². The first-order valence-corrected chi connectivity index (χ1v) is 14.6. The molecule has 1 aliphatic heterocycles. The van der Waals surface area contributed by atoms with Crippen molar-refractivity contribution in [1.29, 1.82) is 0 Å². The van der Waals surface area contributed by atoms with Crippen LogP contribution in [0.5, 0.6) is 0 Å². The Bertz CT molecular complexity index is 1580. The fraction of sp³-hybridized carbons (Fsp3) is 0.345. The molecule has 0 unspecified atom stereocenters. The zero-order valence-corrected chi connectivity index (χ0v) is 23.9. The standard InChI is InChI=1S/C27H28N6O2S.C2HF3O2/c1-16-5-6-20(25(34)30-21-7-8-21)14-22(16)31-27-32-23(24(36-27)26-33-29-15-35-26)19-4-2-3-18(13-19)17-9-11-28-12-10-17;3-2(4,5)1(6)7/h2-6,13-15,17,21,28H,7-12H2,1H3,(H,30,34)(H,31,32);(H,6,7). The highest BCUT2D eigenvalue weighted by atomic mass is 32.1. The summed E-state index contributed by atoms with van der Waals surface area (Å²) in [5.74, 6) is -2.02. The number of aromatic nitrogens is 3. The van der Waals surface area contributed by atoms with E-state index in [2.05, 4.69) is 50.4 Å². The minimum Gasteiger partial charge on any atom is -0.542 e. The smallest absolute Gasteiger partial charge is 0.430 e. The summed E-state index contributed by atoms with van der Waals surface area (Å²) in [5.41, 5.74) is 5.73. The second-order valence-corrected chi connectivity index (χ2v) is 11.4. The van der Waals surface area contributed by atoms with E-state index in [1.54, 1.807) is 0 Å². The highest BCUT2D eigenvalue weighted by molar-refractivity contribution is 7.19. The maximum absolute atomic E-state index is 12.6. The van der Waals surface area contributed by atoms with Gasteiger partial charge in [-0.3, -0.25) is 4.79 Å². The third kappa shape index (κ3) is 7.76. The molecule has 2 aliphatic rings. The predicted molar refractivity (Wildman–Crippen MR) is 150 cm³/mol. The van der Waals surface area contributed by atoms with Gasteiger partial charge in [0.1, 0.15) is 10.8 Å². The van der Waals surface area contributed by atoms with Crippen molar-refractivity contribution in [1.82, 2.24) is 20.5 Å². The Morgan fingerprint density at radius 3 is 2.49 bits per heavy atom. The van der Waals surface area contributed by atoms with Crippen LogP contribution in [0.2, 0.25) is 0 Å². The molecule has 1 amide bonds. The Labute approximate surface area is 248 Å². The number of carboxylic acid groups (broad SMARTS) is 1. The summed E-state index contributed by atoms with van der Waals surface area (Å²) >= 11 is 1.47. The van der Waals surface area contributed by atoms with E-state index in [1.807, 2.05) is 25.1 Å². The highest BCUT2D eigenvalue weighted by Crippen LogP contribution is 2.40. The Morgan fingerprint density at radius 2 is 1.84 bits per heavy atom. The molecule has 226 valence electrons. The summed E-state index contributed by atoms with van der Waals surface area (Å²) in [6.45, 7) is 4.36. The minimum absolute atomic E-state index is 0.0379. The number of benzene rings is 2. The third-order valence-corrected chi connectivity index (χ3v) is 8.10. The van der Waals surface area contributed by atoms with Crippen molar-refractivity contribution >= 4 is 34.0 Å². The lowest BCUT2D eigenvalue weighted by molar-refractivity contribution is -0.663. The van der Waals surface area contributed by atoms with Gasteiger partial charge in [0.05, 0.1) is 18.8 Å². The number of alkyl halides is 3. The normalized spacial score (nSPS) is 15.3. The summed E-state index contributed by atoms with van der Waals surface area (Å²) in [7, 11) is 0. The van der Waals surface area contributed by atoms with Crippen LogP contribution in [0, 0.1) is 6.92 Å². The number of halogens is 3. The van der Waals surface area contributed by atoms with E-state index < -0.39 is 12.1 Å². The lowest BCUT2D eigenvalue weighted by Crippen LogP contribution is -2.86. The number of carboxylic acids is 1. The van der Waals surface area contributed by atoms with Crippen molar-refractivity contribution in [2.75, 3.05) is 18.4 Å². The van der Waals surface area contributed by atoms with Crippen LogP contribution in [-0.2, 0) is 4.79 Å². The number of nitrogens with one attached hydrogen (secondary N) is 2. The van der Waals surface area contributed by atoms with Crippen LogP contribution in [0.3, 0.4) is 0 Å². The van der Waals surface area contributed by atoms with Crippen molar-refractivity contribution < 1.29 is 37.6 Å². The van der Waals surface area contributed by atoms with E-state index in [1.165, 1.54) is 49.2 Å². The number of anilines is 2. The number of nitrogens with two attached hydrogens (primary N) is 1. The van der Waals surface area contributed by atoms with Gasteiger partial charge in [-0.25, -0.2) is 4.98 Å². The van der Waals surface area contributed by atoms with Gasteiger partial charge in [-0.15, -0.1) is 10.2 Å². The van der Waals surface area contributed by atoms with Crippen molar-refractivity contribution in [3.8, 4) is 22.0 Å². The van der Waals surface area contributed by atoms with Crippen molar-refractivity contribution in [3.63, 3.8) is 0 Å². The molecular formula is C29H29F3N6O4S. The van der Waals surface area contributed by atoms with Crippen LogP contribution >= 0.6 is 11.3 Å². The van der Waals surface area contributed by atoms with E-state index in [4.69, 9.17) is 19.3 Å². The maximum Gasteiger partial charge on any atom is 0.430 e. The van der Waals surface area contributed by atoms with E-state index in [-0.39, 0.29) is 5.91 Å². The van der Waals surface area contributed by atoms with E-state index in [0.29, 0.717) is 28.5 Å². The Hall–Kier alpha value is -4.30. The summed E-state index contributed by atoms with van der Waals surface area (Å²) in [6, 6.07) is 14.7. The molecule has 2 fully saturated rings. The maximum atomic E-state index is 12.6. The van der Waals surface area contributed by atoms with Gasteiger partial charge in [-0.1, -0.05) is 35.6 Å². The molecule has 0 atom stereocenters. The molecule has 14 heteroatoms. The van der Waals surface area contributed by atoms with Gasteiger partial charge in [0, 0.05) is 35.7 Å². The number of amides is 1. The van der Waals surface area contributed by atoms with Crippen LogP contribution in [0.4, 0.5) is 24.0 Å². The van der Waals surface area contributed by atoms with Gasteiger partial charge in [0.15, 0.2) is 5.13 Å². The molecule has 0 radical (unpaired) electrons. The zero-order valence-electron chi connectivity index (χ0n) is 23.1. The number of thiazole rings is 1. The fourth-order valence-corrected chi connectivity index (χ4v) is 5.62. The molecule has 1 saturated carbocycles. The molecule has 2 aromatic heterocycles. The predicted octanol–water partition coefficient (Wildman–Crippen LogP) is 3.54. The number of quaternary nitrogens is 1. The number of aryl methyl sites for hydroxylation is 1. The largest absolute Gasteiger partial charge is 0.542 e. The molecule has 4 aromatic rings. The van der Waals surface area contributed by atoms with E-state index in [9.17, 15) is 18.0 Å². The quantitative estimate of drug-likeness (QED) is 0.286. The lowest BCUT2D eigenvalue weighted by Gasteiger charge is -2.21. The highest BCUT2D eigenvalue weighted by Gasteiger charge is 2.29. The van der Waals surface area contributed by atoms with Crippen molar-refractivity contribution in [2.45, 2.75) is 50.7 Å². The monoisotopic (exact) mass is 614 g/mol. The van der Waals surface area contributed by atoms with Crippen molar-refractivity contribution in [3.05, 3.63) is 65.5 Å². The number of hydrogen-bond acceptors (Lipinski definition) is 9. The number of carbonyl (C=O) groups excluding carboxylic acids is 2. The van der Waals surface area contributed by atoms with Crippen LogP contribution in [-0.4, -0.2) is 52.4 Å². The molecule has 1 saturated heterocycles. The second kappa shape index (κ2) is 12.9. The first-order chi connectivity index (χ1) is 20.6. The van der Waals surface area contributed by atoms with Gasteiger partial charge in [0.2, 0.25) is 6.39 Å². The van der Waals surface area contributed by atoms with Gasteiger partial charge < -0.3 is 30.3 Å². The molecular weight excluding hydrogens is 585 g/mol. The number of piperidine rings is 1. The molecule has 10 nitrogen and oxygen atoms in total. The minimum atomic E-state index is -5.19. The van der Waals surface area contributed by atoms with Gasteiger partial charge in [-0.2, -0.15) is 13.2 Å². The molecule has 1 aliphatic carbocycles. The first kappa shape index (κ1) is 30.2. The van der Waals surface area contributed by atoms with Crippen molar-refractivity contribution in [2.24, 2.45) is 0 Å². The van der Waals surface area contributed by atoms with Crippen LogP contribution in [0.25, 0.3) is 22.0 Å². The number of hydrogen-bond donors (Lipinski definition) is 3. The average molecular weight is 615 g/mol. The number of carbonyl (C=O) groups is 2. The summed E-state index contributed by atoms with van der Waals surface area (Å²) < 4.78 is 37.1. The Balaban J connectivity index is 0.000000472. The summed E-state index contributed by atoms with van der Waals surface area (Å²) in [5, 5.41) is 26.4. The number of aliphatic carboxylic acids is 1. The zero-order chi connectivity index (χ0) is 30.6. The third-order valence-electron chi connectivity index (χ3n) is 7.14. The average Bonchev–Trinajstić information content (AvgIpc) is 3.45. The summed E-state index contributed by atoms with van der Waals surface area (Å²) in [4.78, 5) is 27.2. The molecule has 0 spiro atoms. The van der Waals surface area contributed by atoms with Gasteiger partial charge in [0.25, 0.3) is 11.8 Å². The fourth-order valence-electron chi connectivity index (χ4n) is 4.70. The molecule has 2 aromatic carbocycles. The Morgan fingerprint density at radius 1 is 1.09 bits per heavy atom. The topological polar surface area (TPSA) is 150 Å². The lowest BCUT2D eigenvalue weighted by atomic mass is 9.89. The number of rotatable bonds is 7. The van der Waals surface area contributed by atoms with E-state index >= 15 is 0 Å². The van der Waals surface area contributed by atoms with Gasteiger partial charge >= 0.3 is 6.18 Å². The molecule has 3 heterocycles. The first-order valence-electron chi connectivity index (χ1n) is 13.7. The van der Waals surface area contributed by atoms with Crippen LogP contribution in [0.15, 0.2) is 53.3 Å². The molecule has 6 rings (SSSR count). The SMILES string of the molecule is Cc1ccc(C(=O)NC2CC2)cc1Nc1nc(-c2cccc(C3CC[NH2+]CC3)c2)c(-c2nnco2)s1.O=C([O-])C(F)(F)F. The molecule has 0 bridgehead atoms. The van der Waals surface area contributed by atoms with E-state index in [0.717, 1.165) is 40.2 Å². The van der Waals surface area contributed by atoms with Crippen LogP contribution < -0.4 is 21.1 Å². The Kier molecular flexibility index (Phi) is 9.06. The molecule has 4 N–H and O–H groups in total. The van der Waals surface area contributed by atoms with Gasteiger partial charge in [-0.05, 0) is 55.0 Å². The second-order valence-electron chi connectivity index (χ2n) is 10.4. The number of nitrogens with zero attached hydrogens (tertiary/aromatic N) is 3. The molecule has 43 heavy (non-hydrogen) atoms. The summed E-state index contributed by atoms with van der Waals surface area (Å²) in [6.07, 6.45) is 0.640.